The van der Waals surface area contributed by atoms with Crippen LogP contribution in [0.25, 0.3) is 0 Å². The van der Waals surface area contributed by atoms with Gasteiger partial charge in [-0.2, -0.15) is 0 Å². The van der Waals surface area contributed by atoms with Gasteiger partial charge in [0.1, 0.15) is 11.9 Å². The summed E-state index contributed by atoms with van der Waals surface area (Å²) in [6.45, 7) is 5.37. The predicted molar refractivity (Wildman–Crippen MR) is 106 cm³/mol. The number of fused-ring (bicyclic) bond motifs is 1. The molecule has 2 aromatic carbocycles. The Kier molecular flexibility index (Phi) is 5.40. The van der Waals surface area contributed by atoms with Crippen LogP contribution in [0.2, 0.25) is 0 Å². The third kappa shape index (κ3) is 4.19. The molecule has 1 aliphatic heterocycles. The fraction of sp³-hybridized carbons (Fsp3) is 0.318. The van der Waals surface area contributed by atoms with Crippen LogP contribution in [0.1, 0.15) is 58.7 Å². The molecule has 4 rings (SSSR count). The Morgan fingerprint density at radius 1 is 1.21 bits per heavy atom. The van der Waals surface area contributed by atoms with Crippen LogP contribution >= 0.6 is 0 Å². The minimum atomic E-state index is -0.288. The van der Waals surface area contributed by atoms with Crippen LogP contribution < -0.4 is 5.32 Å². The Bertz CT molecular complexity index is 997. The zero-order valence-electron chi connectivity index (χ0n) is 16.4. The molecule has 29 heavy (non-hydrogen) atoms. The van der Waals surface area contributed by atoms with Crippen molar-refractivity contribution in [1.82, 2.24) is 20.3 Å². The summed E-state index contributed by atoms with van der Waals surface area (Å²) in [5.74, 6) is -0.0904. The standard InChI is InChI=1S/C22H23FN4O2/c1-14(2)16-5-3-15(4-6-16)11-24-22(28)21-19-13-29-20(12-27(19)26-25-21)17-7-9-18(23)10-8-17/h3-10,14,20H,11-13H2,1-2H3,(H,24,28)/t20-/m0/s1. The number of carbonyl (C=O) groups excluding carboxylic acids is 1. The smallest absolute Gasteiger partial charge is 0.274 e. The second kappa shape index (κ2) is 8.13. The number of amides is 1. The zero-order chi connectivity index (χ0) is 20.4. The highest BCUT2D eigenvalue weighted by molar-refractivity contribution is 5.93. The Morgan fingerprint density at radius 3 is 2.62 bits per heavy atom. The molecule has 7 heteroatoms. The molecule has 1 atom stereocenters. The van der Waals surface area contributed by atoms with Crippen LogP contribution in [0.4, 0.5) is 4.39 Å². The van der Waals surface area contributed by atoms with Crippen LogP contribution in [0.5, 0.6) is 0 Å². The molecule has 0 aliphatic carbocycles. The van der Waals surface area contributed by atoms with Gasteiger partial charge >= 0.3 is 0 Å². The summed E-state index contributed by atoms with van der Waals surface area (Å²) in [6.07, 6.45) is -0.250. The zero-order valence-corrected chi connectivity index (χ0v) is 16.4. The topological polar surface area (TPSA) is 69.0 Å². The number of ether oxygens (including phenoxy) is 1. The summed E-state index contributed by atoms with van der Waals surface area (Å²) in [5, 5.41) is 11.1. The van der Waals surface area contributed by atoms with Crippen molar-refractivity contribution in [3.63, 3.8) is 0 Å². The molecule has 1 N–H and O–H groups in total. The van der Waals surface area contributed by atoms with E-state index in [0.29, 0.717) is 24.7 Å². The third-order valence-corrected chi connectivity index (χ3v) is 5.15. The van der Waals surface area contributed by atoms with E-state index in [1.54, 1.807) is 16.8 Å². The van der Waals surface area contributed by atoms with Crippen molar-refractivity contribution in [1.29, 1.82) is 0 Å². The molecule has 0 radical (unpaired) electrons. The van der Waals surface area contributed by atoms with Crippen molar-refractivity contribution in [2.24, 2.45) is 0 Å². The highest BCUT2D eigenvalue weighted by atomic mass is 19.1. The summed E-state index contributed by atoms with van der Waals surface area (Å²) < 4.78 is 20.7. The van der Waals surface area contributed by atoms with Crippen LogP contribution in [-0.4, -0.2) is 20.9 Å². The van der Waals surface area contributed by atoms with Gasteiger partial charge in [-0.25, -0.2) is 9.07 Å². The summed E-state index contributed by atoms with van der Waals surface area (Å²) in [4.78, 5) is 12.6. The van der Waals surface area contributed by atoms with E-state index in [9.17, 15) is 9.18 Å². The normalized spacial score (nSPS) is 15.9. The molecule has 1 amide bonds. The number of carbonyl (C=O) groups is 1. The SMILES string of the molecule is CC(C)c1ccc(CNC(=O)c2nnn3c2CO[C@H](c2ccc(F)cc2)C3)cc1. The molecule has 2 heterocycles. The van der Waals surface area contributed by atoms with Crippen molar-refractivity contribution < 1.29 is 13.9 Å². The first kappa shape index (κ1) is 19.3. The van der Waals surface area contributed by atoms with Gasteiger partial charge < -0.3 is 10.1 Å². The lowest BCUT2D eigenvalue weighted by Crippen LogP contribution is -2.27. The number of nitrogens with zero attached hydrogens (tertiary/aromatic N) is 3. The first-order valence-corrected chi connectivity index (χ1v) is 9.67. The second-order valence-electron chi connectivity index (χ2n) is 7.50. The molecule has 6 nitrogen and oxygen atoms in total. The van der Waals surface area contributed by atoms with Gasteiger partial charge in [-0.1, -0.05) is 55.5 Å². The first-order valence-electron chi connectivity index (χ1n) is 9.67. The molecule has 0 unspecified atom stereocenters. The number of aromatic nitrogens is 3. The van der Waals surface area contributed by atoms with E-state index in [-0.39, 0.29) is 30.1 Å². The summed E-state index contributed by atoms with van der Waals surface area (Å²) >= 11 is 0. The number of hydrogen-bond acceptors (Lipinski definition) is 4. The molecule has 3 aromatic rings. The minimum Gasteiger partial charge on any atom is -0.365 e. The summed E-state index contributed by atoms with van der Waals surface area (Å²) in [7, 11) is 0. The monoisotopic (exact) mass is 394 g/mol. The number of hydrogen-bond donors (Lipinski definition) is 1. The molecular weight excluding hydrogens is 371 g/mol. The maximum absolute atomic E-state index is 13.1. The first-order chi connectivity index (χ1) is 14.0. The quantitative estimate of drug-likeness (QED) is 0.716. The fourth-order valence-electron chi connectivity index (χ4n) is 3.35. The van der Waals surface area contributed by atoms with E-state index in [1.165, 1.54) is 17.7 Å². The lowest BCUT2D eigenvalue weighted by Gasteiger charge is -2.24. The Balaban J connectivity index is 1.40. The summed E-state index contributed by atoms with van der Waals surface area (Å²) in [5.41, 5.74) is 4.08. The second-order valence-corrected chi connectivity index (χ2v) is 7.50. The van der Waals surface area contributed by atoms with Crippen molar-refractivity contribution in [2.75, 3.05) is 0 Å². The van der Waals surface area contributed by atoms with E-state index in [2.05, 4.69) is 41.6 Å². The van der Waals surface area contributed by atoms with Gasteiger partial charge in [-0.05, 0) is 34.7 Å². The molecular formula is C22H23FN4O2. The van der Waals surface area contributed by atoms with E-state index in [0.717, 1.165) is 11.1 Å². The van der Waals surface area contributed by atoms with Crippen LogP contribution in [-0.2, 0) is 24.4 Å². The number of rotatable bonds is 5. The van der Waals surface area contributed by atoms with E-state index in [1.807, 2.05) is 12.1 Å². The largest absolute Gasteiger partial charge is 0.365 e. The van der Waals surface area contributed by atoms with Gasteiger partial charge in [0.15, 0.2) is 5.69 Å². The van der Waals surface area contributed by atoms with Crippen LogP contribution in [0.15, 0.2) is 48.5 Å². The fourth-order valence-corrected chi connectivity index (χ4v) is 3.35. The maximum Gasteiger partial charge on any atom is 0.274 e. The maximum atomic E-state index is 13.1. The highest BCUT2D eigenvalue weighted by Crippen LogP contribution is 2.27. The van der Waals surface area contributed by atoms with Gasteiger partial charge in [-0.15, -0.1) is 5.10 Å². The Hall–Kier alpha value is -3.06. The molecule has 0 spiro atoms. The lowest BCUT2D eigenvalue weighted by molar-refractivity contribution is -0.00180. The molecule has 0 bridgehead atoms. The Morgan fingerprint density at radius 2 is 1.93 bits per heavy atom. The molecule has 1 aromatic heterocycles. The molecule has 0 saturated carbocycles. The minimum absolute atomic E-state index is 0.223. The van der Waals surface area contributed by atoms with E-state index < -0.39 is 0 Å². The Labute approximate surface area is 168 Å². The lowest BCUT2D eigenvalue weighted by atomic mass is 10.0. The van der Waals surface area contributed by atoms with Crippen LogP contribution in [0, 0.1) is 5.82 Å². The highest BCUT2D eigenvalue weighted by Gasteiger charge is 2.27. The van der Waals surface area contributed by atoms with Gasteiger partial charge in [-0.3, -0.25) is 4.79 Å². The average molecular weight is 394 g/mol. The number of nitrogens with one attached hydrogen (secondary N) is 1. The average Bonchev–Trinajstić information content (AvgIpc) is 3.16. The number of benzene rings is 2. The van der Waals surface area contributed by atoms with Crippen molar-refractivity contribution >= 4 is 5.91 Å². The number of halogens is 1. The molecule has 1 aliphatic rings. The van der Waals surface area contributed by atoms with E-state index in [4.69, 9.17) is 4.74 Å². The third-order valence-electron chi connectivity index (χ3n) is 5.15. The van der Waals surface area contributed by atoms with Crippen LogP contribution in [0.3, 0.4) is 0 Å². The predicted octanol–water partition coefficient (Wildman–Crippen LogP) is 3.74. The summed E-state index contributed by atoms with van der Waals surface area (Å²) in [6, 6.07) is 14.4. The molecule has 150 valence electrons. The van der Waals surface area contributed by atoms with E-state index >= 15 is 0 Å². The van der Waals surface area contributed by atoms with Gasteiger partial charge in [0.25, 0.3) is 5.91 Å². The van der Waals surface area contributed by atoms with Crippen molar-refractivity contribution in [3.05, 3.63) is 82.4 Å². The molecule has 0 fully saturated rings. The van der Waals surface area contributed by atoms with Gasteiger partial charge in [0, 0.05) is 6.54 Å². The van der Waals surface area contributed by atoms with Crippen molar-refractivity contribution in [2.45, 2.75) is 45.6 Å². The van der Waals surface area contributed by atoms with Gasteiger partial charge in [0.2, 0.25) is 0 Å². The van der Waals surface area contributed by atoms with Crippen molar-refractivity contribution in [3.8, 4) is 0 Å². The van der Waals surface area contributed by atoms with Gasteiger partial charge in [0.05, 0.1) is 18.8 Å². The molecule has 0 saturated heterocycles.